The predicted molar refractivity (Wildman–Crippen MR) is 120 cm³/mol. The van der Waals surface area contributed by atoms with Crippen LogP contribution in [-0.4, -0.2) is 62.4 Å². The molecule has 1 aliphatic rings. The maximum absolute atomic E-state index is 12.5. The fourth-order valence-electron chi connectivity index (χ4n) is 3.85. The van der Waals surface area contributed by atoms with E-state index in [1.54, 1.807) is 40.1 Å². The van der Waals surface area contributed by atoms with Crippen molar-refractivity contribution in [2.75, 3.05) is 25.0 Å². The third kappa shape index (κ3) is 4.49. The average Bonchev–Trinajstić information content (AvgIpc) is 3.21. The van der Waals surface area contributed by atoms with Crippen LogP contribution >= 0.6 is 0 Å². The van der Waals surface area contributed by atoms with Crippen LogP contribution in [0.3, 0.4) is 0 Å². The van der Waals surface area contributed by atoms with Crippen molar-refractivity contribution in [2.24, 2.45) is 0 Å². The molecule has 0 saturated carbocycles. The number of aromatic nitrogens is 4. The molecular weight excluding hydrogens is 406 g/mol. The number of rotatable bonds is 3. The predicted octanol–water partition coefficient (Wildman–Crippen LogP) is 3.50. The highest BCUT2D eigenvalue weighted by Crippen LogP contribution is 2.26. The second-order valence-corrected chi connectivity index (χ2v) is 8.99. The number of likely N-dealkylation sites (N-methyl/N-ethyl adjacent to an activating group) is 1. The van der Waals surface area contributed by atoms with Crippen molar-refractivity contribution < 1.29 is 9.53 Å². The molecule has 0 radical (unpaired) electrons. The number of amides is 1. The number of pyridine rings is 1. The molecule has 0 bridgehead atoms. The third-order valence-corrected chi connectivity index (χ3v) is 5.49. The molecule has 4 heterocycles. The van der Waals surface area contributed by atoms with Gasteiger partial charge < -0.3 is 14.5 Å². The lowest BCUT2D eigenvalue weighted by atomic mass is 10.0. The Morgan fingerprint density at radius 3 is 2.91 bits per heavy atom. The van der Waals surface area contributed by atoms with Crippen LogP contribution in [-0.2, 0) is 4.74 Å². The summed E-state index contributed by atoms with van der Waals surface area (Å²) in [7, 11) is 1.99. The summed E-state index contributed by atoms with van der Waals surface area (Å²) in [5.74, 6) is 1.31. The number of carbonyl (C=O) groups excluding carboxylic acids is 1. The molecule has 1 atom stereocenters. The van der Waals surface area contributed by atoms with Crippen molar-refractivity contribution in [1.82, 2.24) is 24.5 Å². The van der Waals surface area contributed by atoms with E-state index < -0.39 is 5.60 Å². The smallest absolute Gasteiger partial charge is 0.410 e. The summed E-state index contributed by atoms with van der Waals surface area (Å²) in [6.45, 7) is 6.90. The molecule has 3 aromatic heterocycles. The fraction of sp³-hybridized carbons (Fsp3) is 0.435. The number of anilines is 1. The number of fused-ring (bicyclic) bond motifs is 1. The standard InChI is InChI=1S/C23H27N7O2/c1-23(2,3)32-22(31)29-10-5-6-17(15-29)28(4)20-7-9-25-21(27-20)18-14-26-30-11-8-16(13-24)12-19(18)30/h7-9,11-12,14,17H,5-6,10,15H2,1-4H3/t17-/m1/s1. The van der Waals surface area contributed by atoms with Gasteiger partial charge in [-0.15, -0.1) is 0 Å². The molecule has 0 spiro atoms. The summed E-state index contributed by atoms with van der Waals surface area (Å²) in [5.41, 5.74) is 1.57. The second-order valence-electron chi connectivity index (χ2n) is 8.99. The molecule has 3 aromatic rings. The van der Waals surface area contributed by atoms with Crippen LogP contribution in [0.5, 0.6) is 0 Å². The molecule has 0 unspecified atom stereocenters. The Bertz CT molecular complexity index is 1180. The molecule has 9 nitrogen and oxygen atoms in total. The Hall–Kier alpha value is -3.67. The topological polar surface area (TPSA) is 99.7 Å². The van der Waals surface area contributed by atoms with Crippen LogP contribution in [0.4, 0.5) is 10.6 Å². The first-order chi connectivity index (χ1) is 15.2. The van der Waals surface area contributed by atoms with Gasteiger partial charge in [-0.2, -0.15) is 10.4 Å². The highest BCUT2D eigenvalue weighted by Gasteiger charge is 2.30. The van der Waals surface area contributed by atoms with Gasteiger partial charge in [-0.3, -0.25) is 0 Å². The number of nitrogens with zero attached hydrogens (tertiary/aromatic N) is 7. The molecule has 9 heteroatoms. The van der Waals surface area contributed by atoms with Crippen molar-refractivity contribution in [3.05, 3.63) is 42.4 Å². The molecule has 32 heavy (non-hydrogen) atoms. The monoisotopic (exact) mass is 433 g/mol. The molecule has 0 aromatic carbocycles. The van der Waals surface area contributed by atoms with Crippen LogP contribution in [0.25, 0.3) is 16.9 Å². The van der Waals surface area contributed by atoms with Gasteiger partial charge in [0.2, 0.25) is 0 Å². The Kier molecular flexibility index (Phi) is 5.70. The minimum Gasteiger partial charge on any atom is -0.444 e. The number of likely N-dealkylation sites (tertiary alicyclic amines) is 1. The van der Waals surface area contributed by atoms with Gasteiger partial charge in [-0.25, -0.2) is 19.3 Å². The third-order valence-electron chi connectivity index (χ3n) is 5.49. The summed E-state index contributed by atoms with van der Waals surface area (Å²) in [5, 5.41) is 13.6. The molecule has 1 amide bonds. The number of piperidine rings is 1. The zero-order chi connectivity index (χ0) is 22.9. The Labute approximate surface area is 187 Å². The maximum atomic E-state index is 12.5. The van der Waals surface area contributed by atoms with Crippen LogP contribution in [0.15, 0.2) is 36.8 Å². The van der Waals surface area contributed by atoms with E-state index in [1.165, 1.54) is 0 Å². The molecular formula is C23H27N7O2. The lowest BCUT2D eigenvalue weighted by Gasteiger charge is -2.38. The highest BCUT2D eigenvalue weighted by atomic mass is 16.6. The van der Waals surface area contributed by atoms with E-state index in [0.717, 1.165) is 29.7 Å². The minimum absolute atomic E-state index is 0.119. The maximum Gasteiger partial charge on any atom is 0.410 e. The first-order valence-corrected chi connectivity index (χ1v) is 10.7. The second kappa shape index (κ2) is 8.46. The molecule has 1 saturated heterocycles. The Balaban J connectivity index is 1.56. The molecule has 1 aliphatic heterocycles. The van der Waals surface area contributed by atoms with E-state index in [9.17, 15) is 10.1 Å². The lowest BCUT2D eigenvalue weighted by Crippen LogP contribution is -2.50. The van der Waals surface area contributed by atoms with E-state index in [0.29, 0.717) is 24.5 Å². The van der Waals surface area contributed by atoms with Crippen molar-refractivity contribution in [3.8, 4) is 17.5 Å². The van der Waals surface area contributed by atoms with E-state index in [-0.39, 0.29) is 12.1 Å². The fourth-order valence-corrected chi connectivity index (χ4v) is 3.85. The van der Waals surface area contributed by atoms with Gasteiger partial charge in [-0.1, -0.05) is 0 Å². The van der Waals surface area contributed by atoms with Crippen LogP contribution in [0.2, 0.25) is 0 Å². The van der Waals surface area contributed by atoms with Gasteiger partial charge >= 0.3 is 6.09 Å². The zero-order valence-corrected chi connectivity index (χ0v) is 18.8. The molecule has 166 valence electrons. The summed E-state index contributed by atoms with van der Waals surface area (Å²) in [4.78, 5) is 25.6. The van der Waals surface area contributed by atoms with Gasteiger partial charge in [0.15, 0.2) is 5.82 Å². The van der Waals surface area contributed by atoms with Crippen LogP contribution in [0.1, 0.15) is 39.2 Å². The Morgan fingerprint density at radius 1 is 1.34 bits per heavy atom. The van der Waals surface area contributed by atoms with E-state index in [2.05, 4.69) is 21.1 Å². The molecule has 0 N–H and O–H groups in total. The van der Waals surface area contributed by atoms with Gasteiger partial charge in [0, 0.05) is 38.6 Å². The highest BCUT2D eigenvalue weighted by molar-refractivity contribution is 5.77. The number of hydrogen-bond acceptors (Lipinski definition) is 7. The first kappa shape index (κ1) is 21.6. The largest absolute Gasteiger partial charge is 0.444 e. The minimum atomic E-state index is -0.517. The van der Waals surface area contributed by atoms with Crippen molar-refractivity contribution in [3.63, 3.8) is 0 Å². The molecule has 0 aliphatic carbocycles. The lowest BCUT2D eigenvalue weighted by molar-refractivity contribution is 0.0199. The van der Waals surface area contributed by atoms with Crippen molar-refractivity contribution in [2.45, 2.75) is 45.3 Å². The van der Waals surface area contributed by atoms with Crippen molar-refractivity contribution in [1.29, 1.82) is 5.26 Å². The van der Waals surface area contributed by atoms with E-state index >= 15 is 0 Å². The summed E-state index contributed by atoms with van der Waals surface area (Å²) >= 11 is 0. The Morgan fingerprint density at radius 2 is 2.16 bits per heavy atom. The SMILES string of the molecule is CN(c1ccnc(-c2cnn3ccc(C#N)cc23)n1)[C@@H]1CCCN(C(=O)OC(C)(C)C)C1. The number of hydrogen-bond donors (Lipinski definition) is 0. The normalized spacial score (nSPS) is 16.6. The first-order valence-electron chi connectivity index (χ1n) is 10.7. The van der Waals surface area contributed by atoms with Crippen LogP contribution in [0, 0.1) is 11.3 Å². The molecule has 4 rings (SSSR count). The van der Waals surface area contributed by atoms with E-state index in [4.69, 9.17) is 9.72 Å². The quantitative estimate of drug-likeness (QED) is 0.623. The summed E-state index contributed by atoms with van der Waals surface area (Å²) in [6.07, 6.45) is 6.76. The average molecular weight is 434 g/mol. The van der Waals surface area contributed by atoms with Crippen molar-refractivity contribution >= 4 is 17.4 Å². The summed E-state index contributed by atoms with van der Waals surface area (Å²) < 4.78 is 7.25. The number of carbonyl (C=O) groups is 1. The van der Waals surface area contributed by atoms with Gasteiger partial charge in [0.05, 0.1) is 28.9 Å². The zero-order valence-electron chi connectivity index (χ0n) is 18.8. The number of ether oxygens (including phenoxy) is 1. The summed E-state index contributed by atoms with van der Waals surface area (Å²) in [6, 6.07) is 7.63. The van der Waals surface area contributed by atoms with Gasteiger partial charge in [-0.05, 0) is 51.8 Å². The van der Waals surface area contributed by atoms with Gasteiger partial charge in [0.25, 0.3) is 0 Å². The van der Waals surface area contributed by atoms with Crippen LogP contribution < -0.4 is 4.90 Å². The number of nitriles is 1. The van der Waals surface area contributed by atoms with Gasteiger partial charge in [0.1, 0.15) is 11.4 Å². The molecule has 1 fully saturated rings. The van der Waals surface area contributed by atoms with E-state index in [1.807, 2.05) is 33.9 Å².